The van der Waals surface area contributed by atoms with Crippen LogP contribution in [-0.4, -0.2) is 8.42 Å². The van der Waals surface area contributed by atoms with Crippen LogP contribution in [0.2, 0.25) is 5.02 Å². The van der Waals surface area contributed by atoms with Gasteiger partial charge in [-0.15, -0.1) is 0 Å². The van der Waals surface area contributed by atoms with Gasteiger partial charge in [-0.05, 0) is 48.4 Å². The first-order chi connectivity index (χ1) is 11.8. The lowest BCUT2D eigenvalue weighted by atomic mass is 9.96. The quantitative estimate of drug-likeness (QED) is 0.757. The van der Waals surface area contributed by atoms with Crippen LogP contribution in [0.5, 0.6) is 0 Å². The summed E-state index contributed by atoms with van der Waals surface area (Å²) in [5.74, 6) is 0.452. The van der Waals surface area contributed by atoms with E-state index in [1.807, 2.05) is 0 Å². The van der Waals surface area contributed by atoms with E-state index in [1.165, 1.54) is 12.1 Å². The molecule has 25 heavy (non-hydrogen) atoms. The summed E-state index contributed by atoms with van der Waals surface area (Å²) in [6.07, 6.45) is 0. The van der Waals surface area contributed by atoms with Gasteiger partial charge in [0, 0.05) is 10.6 Å². The second-order valence-electron chi connectivity index (χ2n) is 5.51. The molecule has 7 heteroatoms. The highest BCUT2D eigenvalue weighted by Crippen LogP contribution is 2.31. The second kappa shape index (κ2) is 6.48. The minimum Gasteiger partial charge on any atom is -0.428 e. The molecule has 1 heterocycles. The molecule has 0 unspecified atom stereocenters. The van der Waals surface area contributed by atoms with Crippen molar-refractivity contribution in [3.63, 3.8) is 0 Å². The Balaban J connectivity index is 2.22. The lowest BCUT2D eigenvalue weighted by Gasteiger charge is -2.10. The summed E-state index contributed by atoms with van der Waals surface area (Å²) in [6, 6.07) is 14.6. The van der Waals surface area contributed by atoms with E-state index in [9.17, 15) is 13.2 Å². The first kappa shape index (κ1) is 17.4. The Hall–Kier alpha value is -2.41. The van der Waals surface area contributed by atoms with Crippen LogP contribution in [0.1, 0.15) is 5.76 Å². The van der Waals surface area contributed by atoms with E-state index in [0.717, 1.165) is 0 Å². The first-order valence-electron chi connectivity index (χ1n) is 7.29. The summed E-state index contributed by atoms with van der Waals surface area (Å²) in [6.45, 7) is 1.68. The maximum atomic E-state index is 12.4. The van der Waals surface area contributed by atoms with Gasteiger partial charge >= 0.3 is 5.63 Å². The molecular formula is C18H14ClNO4S. The molecule has 0 aliphatic rings. The monoisotopic (exact) mass is 375 g/mol. The van der Waals surface area contributed by atoms with Crippen LogP contribution in [0.25, 0.3) is 22.3 Å². The Morgan fingerprint density at radius 2 is 1.52 bits per heavy atom. The van der Waals surface area contributed by atoms with Crippen molar-refractivity contribution in [1.82, 2.24) is 0 Å². The average Bonchev–Trinajstić information content (AvgIpc) is 2.55. The van der Waals surface area contributed by atoms with E-state index in [0.29, 0.717) is 33.0 Å². The van der Waals surface area contributed by atoms with Gasteiger partial charge in [0.15, 0.2) is 0 Å². The van der Waals surface area contributed by atoms with Crippen molar-refractivity contribution >= 4 is 21.6 Å². The molecule has 0 radical (unpaired) electrons. The topological polar surface area (TPSA) is 90.4 Å². The molecule has 0 aliphatic carbocycles. The van der Waals surface area contributed by atoms with E-state index in [-0.39, 0.29) is 4.90 Å². The Bertz CT molecular complexity index is 1090. The van der Waals surface area contributed by atoms with Gasteiger partial charge in [0.25, 0.3) is 0 Å². The number of hydrogen-bond donors (Lipinski definition) is 1. The van der Waals surface area contributed by atoms with Gasteiger partial charge in [0.05, 0.1) is 10.5 Å². The summed E-state index contributed by atoms with van der Waals surface area (Å²) in [5, 5.41) is 5.68. The molecule has 0 amide bonds. The van der Waals surface area contributed by atoms with E-state index >= 15 is 0 Å². The first-order valence-corrected chi connectivity index (χ1v) is 9.22. The Kier molecular flexibility index (Phi) is 4.51. The van der Waals surface area contributed by atoms with Gasteiger partial charge in [0.2, 0.25) is 10.0 Å². The highest BCUT2D eigenvalue weighted by Gasteiger charge is 2.15. The van der Waals surface area contributed by atoms with Crippen LogP contribution in [-0.2, 0) is 10.0 Å². The summed E-state index contributed by atoms with van der Waals surface area (Å²) < 4.78 is 28.0. The molecule has 0 atom stereocenters. The van der Waals surface area contributed by atoms with Gasteiger partial charge in [-0.25, -0.2) is 18.4 Å². The van der Waals surface area contributed by atoms with Gasteiger partial charge in [0.1, 0.15) is 5.76 Å². The fourth-order valence-corrected chi connectivity index (χ4v) is 3.20. The van der Waals surface area contributed by atoms with Gasteiger partial charge < -0.3 is 4.42 Å². The largest absolute Gasteiger partial charge is 0.428 e. The SMILES string of the molecule is Cc1cc(-c2ccc(S(N)(=O)=O)cc2)c(-c2ccc(Cl)cc2)c(=O)o1. The van der Waals surface area contributed by atoms with Crippen molar-refractivity contribution in [3.05, 3.63) is 75.8 Å². The second-order valence-corrected chi connectivity index (χ2v) is 7.51. The van der Waals surface area contributed by atoms with Crippen molar-refractivity contribution in [2.24, 2.45) is 5.14 Å². The lowest BCUT2D eigenvalue weighted by molar-refractivity contribution is 0.483. The van der Waals surface area contributed by atoms with Gasteiger partial charge in [-0.3, -0.25) is 0 Å². The predicted molar refractivity (Wildman–Crippen MR) is 97.0 cm³/mol. The van der Waals surface area contributed by atoms with Crippen molar-refractivity contribution in [3.8, 4) is 22.3 Å². The van der Waals surface area contributed by atoms with Crippen LogP contribution in [0.3, 0.4) is 0 Å². The van der Waals surface area contributed by atoms with Crippen LogP contribution in [0, 0.1) is 6.92 Å². The van der Waals surface area contributed by atoms with E-state index in [1.54, 1.807) is 49.4 Å². The molecule has 1 aromatic heterocycles. The van der Waals surface area contributed by atoms with Crippen LogP contribution in [0.15, 0.2) is 68.7 Å². The maximum absolute atomic E-state index is 12.4. The third-order valence-corrected chi connectivity index (χ3v) is 4.88. The number of aryl methyl sites for hydroxylation is 1. The molecule has 0 bridgehead atoms. The molecule has 128 valence electrons. The summed E-state index contributed by atoms with van der Waals surface area (Å²) in [5.41, 5.74) is 1.87. The molecule has 3 aromatic rings. The minimum atomic E-state index is -3.78. The molecule has 2 aromatic carbocycles. The number of hydrogen-bond acceptors (Lipinski definition) is 4. The normalized spacial score (nSPS) is 11.5. The number of benzene rings is 2. The zero-order valence-electron chi connectivity index (χ0n) is 13.2. The fraction of sp³-hybridized carbons (Fsp3) is 0.0556. The summed E-state index contributed by atoms with van der Waals surface area (Å²) in [4.78, 5) is 12.4. The molecule has 0 aliphatic heterocycles. The van der Waals surface area contributed by atoms with Crippen molar-refractivity contribution in [2.45, 2.75) is 11.8 Å². The zero-order valence-corrected chi connectivity index (χ0v) is 14.8. The van der Waals surface area contributed by atoms with E-state index in [4.69, 9.17) is 21.2 Å². The number of nitrogens with two attached hydrogens (primary N) is 1. The summed E-state index contributed by atoms with van der Waals surface area (Å²) >= 11 is 5.91. The Morgan fingerprint density at radius 1 is 0.960 bits per heavy atom. The van der Waals surface area contributed by atoms with Gasteiger partial charge in [-0.2, -0.15) is 0 Å². The zero-order chi connectivity index (χ0) is 18.2. The molecule has 0 fully saturated rings. The molecule has 5 nitrogen and oxygen atoms in total. The number of halogens is 1. The number of rotatable bonds is 3. The molecule has 3 rings (SSSR count). The minimum absolute atomic E-state index is 0.00369. The van der Waals surface area contributed by atoms with Crippen LogP contribution >= 0.6 is 11.6 Å². The van der Waals surface area contributed by atoms with Gasteiger partial charge in [-0.1, -0.05) is 35.9 Å². The highest BCUT2D eigenvalue weighted by molar-refractivity contribution is 7.89. The van der Waals surface area contributed by atoms with E-state index in [2.05, 4.69) is 0 Å². The highest BCUT2D eigenvalue weighted by atomic mass is 35.5. The predicted octanol–water partition coefficient (Wildman–Crippen LogP) is 3.58. The average molecular weight is 376 g/mol. The third kappa shape index (κ3) is 3.66. The molecular weight excluding hydrogens is 362 g/mol. The number of sulfonamides is 1. The molecule has 0 spiro atoms. The lowest BCUT2D eigenvalue weighted by Crippen LogP contribution is -2.11. The van der Waals surface area contributed by atoms with Crippen LogP contribution in [0.4, 0.5) is 0 Å². The molecule has 0 saturated carbocycles. The molecule has 2 N–H and O–H groups in total. The smallest absolute Gasteiger partial charge is 0.344 e. The van der Waals surface area contributed by atoms with Crippen molar-refractivity contribution in [2.75, 3.05) is 0 Å². The third-order valence-electron chi connectivity index (χ3n) is 3.70. The maximum Gasteiger partial charge on any atom is 0.344 e. The van der Waals surface area contributed by atoms with Crippen molar-refractivity contribution < 1.29 is 12.8 Å². The van der Waals surface area contributed by atoms with Crippen molar-refractivity contribution in [1.29, 1.82) is 0 Å². The molecule has 0 saturated heterocycles. The van der Waals surface area contributed by atoms with Crippen LogP contribution < -0.4 is 10.8 Å². The standard InChI is InChI=1S/C18H14ClNO4S/c1-11-10-16(12-4-8-15(9-5-12)25(20,22)23)17(18(21)24-11)13-2-6-14(19)7-3-13/h2-10H,1H3,(H2,20,22,23). The Morgan fingerprint density at radius 3 is 2.08 bits per heavy atom. The van der Waals surface area contributed by atoms with E-state index < -0.39 is 15.6 Å². The number of primary sulfonamides is 1. The Labute approximate surface area is 149 Å². The fourth-order valence-electron chi connectivity index (χ4n) is 2.55. The summed E-state index contributed by atoms with van der Waals surface area (Å²) in [7, 11) is -3.78.